The first-order valence-corrected chi connectivity index (χ1v) is 12.4. The number of hydrogen-bond donors (Lipinski definition) is 0. The topological polar surface area (TPSA) is 57.1 Å². The average Bonchev–Trinajstić information content (AvgIpc) is 3.30. The van der Waals surface area contributed by atoms with Crippen LogP contribution in [-0.2, 0) is 28.7 Å². The normalized spacial score (nSPS) is 14.0. The quantitative estimate of drug-likeness (QED) is 0.256. The maximum absolute atomic E-state index is 5.69. The summed E-state index contributed by atoms with van der Waals surface area (Å²) >= 11 is 3.42. The Balaban J connectivity index is 1.74. The fraction of sp³-hybridized carbons (Fsp3) is 0.591. The van der Waals surface area contributed by atoms with E-state index in [1.165, 1.54) is 28.6 Å². The largest absolute Gasteiger partial charge is 0.352 e. The van der Waals surface area contributed by atoms with Gasteiger partial charge in [-0.15, -0.1) is 11.3 Å². The molecule has 3 aromatic rings. The molecular formula is C22H29N3O2S2. The molecule has 1 aliphatic rings. The molecular weight excluding hydrogens is 402 g/mol. The Morgan fingerprint density at radius 1 is 1.10 bits per heavy atom. The van der Waals surface area contributed by atoms with Gasteiger partial charge < -0.3 is 9.47 Å². The molecule has 3 heterocycles. The molecule has 0 N–H and O–H groups in total. The van der Waals surface area contributed by atoms with Crippen molar-refractivity contribution in [2.24, 2.45) is 5.92 Å². The van der Waals surface area contributed by atoms with Crippen LogP contribution in [-0.4, -0.2) is 40.2 Å². The Labute approximate surface area is 180 Å². The summed E-state index contributed by atoms with van der Waals surface area (Å²) < 4.78 is 12.5. The number of pyridine rings is 1. The number of hydrogen-bond acceptors (Lipinski definition) is 7. The molecule has 4 rings (SSSR count). The molecule has 0 unspecified atom stereocenters. The van der Waals surface area contributed by atoms with Gasteiger partial charge in [-0.3, -0.25) is 0 Å². The zero-order valence-corrected chi connectivity index (χ0v) is 19.3. The minimum absolute atomic E-state index is 0.214. The summed E-state index contributed by atoms with van der Waals surface area (Å²) in [7, 11) is 0. The molecule has 0 spiro atoms. The minimum Gasteiger partial charge on any atom is -0.352 e. The van der Waals surface area contributed by atoms with Gasteiger partial charge in [-0.2, -0.15) is 0 Å². The first-order chi connectivity index (χ1) is 14.1. The zero-order chi connectivity index (χ0) is 20.4. The van der Waals surface area contributed by atoms with Gasteiger partial charge in [-0.25, -0.2) is 15.0 Å². The van der Waals surface area contributed by atoms with Gasteiger partial charge in [0.25, 0.3) is 0 Å². The number of aromatic nitrogens is 3. The molecule has 156 valence electrons. The average molecular weight is 432 g/mol. The summed E-state index contributed by atoms with van der Waals surface area (Å²) in [6.45, 7) is 9.81. The Kier molecular flexibility index (Phi) is 6.69. The standard InChI is InChI=1S/C22H29N3O2S2/c1-5-26-17(27-6-2)11-28-22-20-19(23-12-24-22)18-15-9-7-8-14(15)16(10-13(3)4)25-21(18)29-20/h12-13,17H,5-11H2,1-4H3. The highest BCUT2D eigenvalue weighted by Crippen LogP contribution is 2.42. The van der Waals surface area contributed by atoms with Gasteiger partial charge in [0.05, 0.1) is 16.0 Å². The van der Waals surface area contributed by atoms with Gasteiger partial charge in [0, 0.05) is 24.3 Å². The lowest BCUT2D eigenvalue weighted by Gasteiger charge is -2.16. The van der Waals surface area contributed by atoms with E-state index in [2.05, 4.69) is 23.8 Å². The van der Waals surface area contributed by atoms with Crippen LogP contribution in [0.3, 0.4) is 0 Å². The van der Waals surface area contributed by atoms with Crippen molar-refractivity contribution in [3.63, 3.8) is 0 Å². The molecule has 0 aliphatic heterocycles. The van der Waals surface area contributed by atoms with Gasteiger partial charge in [-0.1, -0.05) is 25.6 Å². The molecule has 0 fully saturated rings. The van der Waals surface area contributed by atoms with E-state index in [0.717, 1.165) is 39.3 Å². The zero-order valence-electron chi connectivity index (χ0n) is 17.7. The van der Waals surface area contributed by atoms with E-state index >= 15 is 0 Å². The van der Waals surface area contributed by atoms with E-state index in [0.29, 0.717) is 24.9 Å². The summed E-state index contributed by atoms with van der Waals surface area (Å²) in [6.07, 6.45) is 6.02. The predicted octanol–water partition coefficient (Wildman–Crippen LogP) is 5.42. The van der Waals surface area contributed by atoms with E-state index < -0.39 is 0 Å². The monoisotopic (exact) mass is 431 g/mol. The summed E-state index contributed by atoms with van der Waals surface area (Å²) in [6, 6.07) is 0. The molecule has 5 nitrogen and oxygen atoms in total. The molecule has 7 heteroatoms. The molecule has 0 atom stereocenters. The van der Waals surface area contributed by atoms with Crippen molar-refractivity contribution < 1.29 is 9.47 Å². The van der Waals surface area contributed by atoms with Crippen LogP contribution in [0.15, 0.2) is 11.4 Å². The SMILES string of the molecule is CCOC(CSc1ncnc2c1sc1nc(CC(C)C)c3c(c12)CCC3)OCC. The highest BCUT2D eigenvalue weighted by Gasteiger charge is 2.24. The maximum Gasteiger partial charge on any atom is 0.166 e. The molecule has 0 saturated heterocycles. The van der Waals surface area contributed by atoms with E-state index in [4.69, 9.17) is 14.5 Å². The number of thiophene rings is 1. The summed E-state index contributed by atoms with van der Waals surface area (Å²) in [5.41, 5.74) is 5.31. The number of fused-ring (bicyclic) bond motifs is 5. The fourth-order valence-corrected chi connectivity index (χ4v) is 6.28. The van der Waals surface area contributed by atoms with Gasteiger partial charge in [0.2, 0.25) is 0 Å². The second kappa shape index (κ2) is 9.25. The molecule has 29 heavy (non-hydrogen) atoms. The van der Waals surface area contributed by atoms with Crippen molar-refractivity contribution in [1.29, 1.82) is 0 Å². The first-order valence-electron chi connectivity index (χ1n) is 10.6. The van der Waals surface area contributed by atoms with Crippen molar-refractivity contribution in [3.05, 3.63) is 23.1 Å². The molecule has 1 aliphatic carbocycles. The number of aryl methyl sites for hydroxylation is 1. The summed E-state index contributed by atoms with van der Waals surface area (Å²) in [5.74, 6) is 1.32. The number of rotatable bonds is 9. The number of nitrogens with zero attached hydrogens (tertiary/aromatic N) is 3. The summed E-state index contributed by atoms with van der Waals surface area (Å²) in [5, 5.41) is 2.26. The molecule has 0 amide bonds. The molecule has 0 saturated carbocycles. The molecule has 0 radical (unpaired) electrons. The van der Waals surface area contributed by atoms with Gasteiger partial charge >= 0.3 is 0 Å². The predicted molar refractivity (Wildman–Crippen MR) is 121 cm³/mol. The lowest BCUT2D eigenvalue weighted by Crippen LogP contribution is -2.20. The van der Waals surface area contributed by atoms with Crippen LogP contribution in [0.1, 0.15) is 50.9 Å². The minimum atomic E-state index is -0.214. The van der Waals surface area contributed by atoms with E-state index in [1.54, 1.807) is 29.4 Å². The van der Waals surface area contributed by atoms with E-state index in [-0.39, 0.29) is 6.29 Å². The van der Waals surface area contributed by atoms with Crippen LogP contribution in [0.5, 0.6) is 0 Å². The van der Waals surface area contributed by atoms with E-state index in [9.17, 15) is 0 Å². The van der Waals surface area contributed by atoms with Crippen LogP contribution < -0.4 is 0 Å². The van der Waals surface area contributed by atoms with Crippen LogP contribution in [0.4, 0.5) is 0 Å². The van der Waals surface area contributed by atoms with Gasteiger partial charge in [0.1, 0.15) is 16.2 Å². The number of ether oxygens (including phenoxy) is 2. The van der Waals surface area contributed by atoms with Crippen LogP contribution in [0.25, 0.3) is 20.4 Å². The second-order valence-corrected chi connectivity index (χ2v) is 9.76. The molecule has 3 aromatic heterocycles. The van der Waals surface area contributed by atoms with Crippen molar-refractivity contribution in [2.45, 2.75) is 64.7 Å². The van der Waals surface area contributed by atoms with Crippen LogP contribution >= 0.6 is 23.1 Å². The summed E-state index contributed by atoms with van der Waals surface area (Å²) in [4.78, 5) is 15.5. The highest BCUT2D eigenvalue weighted by atomic mass is 32.2. The molecule has 0 bridgehead atoms. The van der Waals surface area contributed by atoms with Gasteiger partial charge in [0.15, 0.2) is 6.29 Å². The lowest BCUT2D eigenvalue weighted by molar-refractivity contribution is -0.120. The Hall–Kier alpha value is -1.28. The first kappa shape index (κ1) is 21.0. The maximum atomic E-state index is 5.69. The van der Waals surface area contributed by atoms with Crippen molar-refractivity contribution in [3.8, 4) is 0 Å². The Bertz CT molecular complexity index is 997. The Morgan fingerprint density at radius 2 is 1.86 bits per heavy atom. The Morgan fingerprint density at radius 3 is 2.59 bits per heavy atom. The third-order valence-electron chi connectivity index (χ3n) is 5.19. The van der Waals surface area contributed by atoms with Crippen molar-refractivity contribution in [2.75, 3.05) is 19.0 Å². The smallest absolute Gasteiger partial charge is 0.166 e. The molecule has 0 aromatic carbocycles. The fourth-order valence-electron chi connectivity index (χ4n) is 4.08. The van der Waals surface area contributed by atoms with Crippen molar-refractivity contribution >= 4 is 43.5 Å². The third-order valence-corrected chi connectivity index (χ3v) is 7.42. The lowest BCUT2D eigenvalue weighted by atomic mass is 9.99. The van der Waals surface area contributed by atoms with Gasteiger partial charge in [-0.05, 0) is 56.6 Å². The highest BCUT2D eigenvalue weighted by molar-refractivity contribution is 7.99. The van der Waals surface area contributed by atoms with E-state index in [1.807, 2.05) is 13.8 Å². The van der Waals surface area contributed by atoms with Crippen LogP contribution in [0.2, 0.25) is 0 Å². The van der Waals surface area contributed by atoms with Crippen molar-refractivity contribution in [1.82, 2.24) is 15.0 Å². The second-order valence-electron chi connectivity index (χ2n) is 7.76. The van der Waals surface area contributed by atoms with Crippen LogP contribution in [0, 0.1) is 5.92 Å². The number of thioether (sulfide) groups is 1. The third kappa shape index (κ3) is 4.29.